The van der Waals surface area contributed by atoms with Gasteiger partial charge in [0.05, 0.1) is 5.69 Å². The van der Waals surface area contributed by atoms with Gasteiger partial charge in [0, 0.05) is 28.8 Å². The monoisotopic (exact) mass is 542 g/mol. The topological polar surface area (TPSA) is 182 Å². The predicted octanol–water partition coefficient (Wildman–Crippen LogP) is -0.617. The zero-order chi connectivity index (χ0) is 26.1. The first-order valence-electron chi connectivity index (χ1n) is 10.7. The second-order valence-corrected chi connectivity index (χ2v) is 9.88. The van der Waals surface area contributed by atoms with Crippen LogP contribution >= 0.6 is 23.1 Å². The quantitative estimate of drug-likeness (QED) is 0.144. The third-order valence-corrected chi connectivity index (χ3v) is 7.64. The Balaban J connectivity index is 1.32. The molecule has 4 N–H and O–H groups in total. The molecular formula is C21H20N9O5S2+. The lowest BCUT2D eigenvalue weighted by atomic mass is 10.0. The highest BCUT2D eigenvalue weighted by molar-refractivity contribution is 8.00. The van der Waals surface area contributed by atoms with Crippen molar-refractivity contribution in [2.75, 3.05) is 18.6 Å². The molecule has 3 aromatic heterocycles. The standard InChI is InChI=1S/C21H19N9O5S2/c1-35-27-14(13-8-37-21(22)25-13)17(31)26-15-18(32)30-16(20(33)34)11(7-36-19(15)30)6-28-4-2-12(3-5-28)29-10-23-9-24-29/h2-5,8-10,15,19H,6-7H2,1H3,(H3-,22,25,26,31,33,34)/p+1/t15-,19+/m1/s1. The molecule has 16 heteroatoms. The van der Waals surface area contributed by atoms with Crippen LogP contribution < -0.4 is 15.6 Å². The summed E-state index contributed by atoms with van der Waals surface area (Å²) in [5.41, 5.74) is 7.02. The van der Waals surface area contributed by atoms with Gasteiger partial charge < -0.3 is 21.0 Å². The zero-order valence-corrected chi connectivity index (χ0v) is 20.8. The average Bonchev–Trinajstić information content (AvgIpc) is 3.58. The Bertz CT molecular complexity index is 1420. The Morgan fingerprint density at radius 2 is 2.16 bits per heavy atom. The summed E-state index contributed by atoms with van der Waals surface area (Å²) in [6, 6.07) is 2.72. The number of aliphatic carboxylic acids is 1. The summed E-state index contributed by atoms with van der Waals surface area (Å²) in [7, 11) is 1.28. The van der Waals surface area contributed by atoms with Crippen molar-refractivity contribution in [3.8, 4) is 5.69 Å². The third-order valence-electron chi connectivity index (χ3n) is 5.63. The number of carboxylic acid groups (broad SMARTS) is 1. The first kappa shape index (κ1) is 24.4. The number of carboxylic acids is 1. The number of β-lactam (4-membered cyclic amide) rings is 1. The number of nitrogens with two attached hydrogens (primary N) is 1. The van der Waals surface area contributed by atoms with Gasteiger partial charge in [0.1, 0.15) is 42.6 Å². The summed E-state index contributed by atoms with van der Waals surface area (Å²) in [4.78, 5) is 52.0. The minimum Gasteiger partial charge on any atom is -0.477 e. The second-order valence-electron chi connectivity index (χ2n) is 7.88. The maximum Gasteiger partial charge on any atom is 0.352 e. The molecule has 3 aromatic rings. The molecule has 190 valence electrons. The van der Waals surface area contributed by atoms with Crippen molar-refractivity contribution in [3.05, 3.63) is 59.5 Å². The van der Waals surface area contributed by atoms with Crippen LogP contribution in [0.15, 0.2) is 59.0 Å². The van der Waals surface area contributed by atoms with E-state index < -0.39 is 29.2 Å². The van der Waals surface area contributed by atoms with Crippen molar-refractivity contribution in [2.45, 2.75) is 18.0 Å². The molecule has 5 heterocycles. The Morgan fingerprint density at radius 3 is 2.78 bits per heavy atom. The van der Waals surface area contributed by atoms with Crippen molar-refractivity contribution in [2.24, 2.45) is 5.16 Å². The number of amides is 2. The van der Waals surface area contributed by atoms with Crippen LogP contribution in [0.2, 0.25) is 0 Å². The molecular weight excluding hydrogens is 522 g/mol. The van der Waals surface area contributed by atoms with E-state index in [0.717, 1.165) is 17.0 Å². The van der Waals surface area contributed by atoms with Gasteiger partial charge >= 0.3 is 5.97 Å². The third kappa shape index (κ3) is 4.63. The van der Waals surface area contributed by atoms with Crippen LogP contribution in [0.25, 0.3) is 5.69 Å². The van der Waals surface area contributed by atoms with Crippen molar-refractivity contribution in [1.82, 2.24) is 30.0 Å². The maximum absolute atomic E-state index is 13.0. The van der Waals surface area contributed by atoms with Crippen LogP contribution in [0, 0.1) is 0 Å². The normalized spacial score (nSPS) is 19.3. The lowest BCUT2D eigenvalue weighted by Gasteiger charge is -2.49. The number of carbonyl (C=O) groups is 3. The van der Waals surface area contributed by atoms with Gasteiger partial charge in [-0.1, -0.05) is 5.16 Å². The van der Waals surface area contributed by atoms with Gasteiger partial charge in [-0.2, -0.15) is 5.10 Å². The smallest absolute Gasteiger partial charge is 0.352 e. The number of carbonyl (C=O) groups excluding carboxylic acids is 2. The average molecular weight is 543 g/mol. The molecule has 0 radical (unpaired) electrons. The Labute approximate surface area is 217 Å². The fourth-order valence-electron chi connectivity index (χ4n) is 3.98. The Hall–Kier alpha value is -4.31. The molecule has 0 saturated carbocycles. The molecule has 5 rings (SSSR count). The summed E-state index contributed by atoms with van der Waals surface area (Å²) in [6.07, 6.45) is 6.59. The van der Waals surface area contributed by atoms with E-state index in [0.29, 0.717) is 11.3 Å². The van der Waals surface area contributed by atoms with Crippen LogP contribution in [-0.4, -0.2) is 77.5 Å². The molecule has 0 aliphatic carbocycles. The van der Waals surface area contributed by atoms with Crippen LogP contribution in [0.3, 0.4) is 0 Å². The highest BCUT2D eigenvalue weighted by atomic mass is 32.2. The molecule has 37 heavy (non-hydrogen) atoms. The number of fused-ring (bicyclic) bond motifs is 1. The fourth-order valence-corrected chi connectivity index (χ4v) is 5.86. The number of thiazole rings is 1. The van der Waals surface area contributed by atoms with Crippen molar-refractivity contribution >= 4 is 51.7 Å². The first-order chi connectivity index (χ1) is 17.9. The molecule has 0 spiro atoms. The second kappa shape index (κ2) is 9.98. The van der Waals surface area contributed by atoms with Gasteiger partial charge in [0.25, 0.3) is 11.8 Å². The van der Waals surface area contributed by atoms with Gasteiger partial charge in [-0.3, -0.25) is 14.5 Å². The minimum atomic E-state index is -1.21. The Kier molecular flexibility index (Phi) is 6.58. The number of pyridine rings is 1. The molecule has 2 aliphatic rings. The van der Waals surface area contributed by atoms with E-state index in [1.165, 1.54) is 30.1 Å². The minimum absolute atomic E-state index is 0.0786. The number of thioether (sulfide) groups is 1. The zero-order valence-electron chi connectivity index (χ0n) is 19.2. The van der Waals surface area contributed by atoms with E-state index in [9.17, 15) is 19.5 Å². The molecule has 1 saturated heterocycles. The van der Waals surface area contributed by atoms with Crippen molar-refractivity contribution < 1.29 is 28.9 Å². The molecule has 0 aromatic carbocycles. The summed E-state index contributed by atoms with van der Waals surface area (Å²) in [6.45, 7) is 0.274. The number of hydrogen-bond acceptors (Lipinski definition) is 11. The van der Waals surface area contributed by atoms with Crippen LogP contribution in [-0.2, 0) is 25.8 Å². The summed E-state index contributed by atoms with van der Waals surface area (Å²) < 4.78 is 3.42. The lowest BCUT2D eigenvalue weighted by molar-refractivity contribution is -0.689. The summed E-state index contributed by atoms with van der Waals surface area (Å²) >= 11 is 2.50. The molecule has 2 amide bonds. The largest absolute Gasteiger partial charge is 0.477 e. The predicted molar refractivity (Wildman–Crippen MR) is 131 cm³/mol. The van der Waals surface area contributed by atoms with Crippen LogP contribution in [0.4, 0.5) is 5.13 Å². The van der Waals surface area contributed by atoms with E-state index in [1.807, 2.05) is 16.7 Å². The maximum atomic E-state index is 13.0. The first-order valence-corrected chi connectivity index (χ1v) is 12.7. The van der Waals surface area contributed by atoms with Gasteiger partial charge in [-0.05, 0) is 0 Å². The van der Waals surface area contributed by atoms with E-state index in [4.69, 9.17) is 10.6 Å². The van der Waals surface area contributed by atoms with E-state index >= 15 is 0 Å². The molecule has 2 atom stereocenters. The number of oxime groups is 1. The summed E-state index contributed by atoms with van der Waals surface area (Å²) in [5, 5.41) is 21.6. The van der Waals surface area contributed by atoms with Gasteiger partial charge in [-0.15, -0.1) is 23.1 Å². The number of nitrogen functional groups attached to an aromatic ring is 1. The molecule has 2 aliphatic heterocycles. The highest BCUT2D eigenvalue weighted by Gasteiger charge is 2.54. The Morgan fingerprint density at radius 1 is 1.38 bits per heavy atom. The van der Waals surface area contributed by atoms with Gasteiger partial charge in [0.2, 0.25) is 0 Å². The molecule has 0 bridgehead atoms. The van der Waals surface area contributed by atoms with Crippen LogP contribution in [0.1, 0.15) is 5.69 Å². The lowest BCUT2D eigenvalue weighted by Crippen LogP contribution is -2.71. The van der Waals surface area contributed by atoms with Crippen LogP contribution in [0.5, 0.6) is 0 Å². The van der Waals surface area contributed by atoms with Gasteiger partial charge in [-0.25, -0.2) is 24.0 Å². The molecule has 0 unspecified atom stereocenters. The number of nitrogens with zero attached hydrogens (tertiary/aromatic N) is 7. The van der Waals surface area contributed by atoms with Gasteiger partial charge in [0.15, 0.2) is 29.8 Å². The van der Waals surface area contributed by atoms with E-state index in [2.05, 4.69) is 25.5 Å². The number of anilines is 1. The number of nitrogens with one attached hydrogen (secondary N) is 1. The van der Waals surface area contributed by atoms with E-state index in [-0.39, 0.29) is 28.8 Å². The SMILES string of the molecule is CON=C(C(=O)N[C@@H]1C(=O)N2C(C(=O)O)=C(C[n+]3ccc(-n4cncn4)cc3)CS[C@@H]12)c1csc(N)n1. The molecule has 14 nitrogen and oxygen atoms in total. The molecule has 1 fully saturated rings. The summed E-state index contributed by atoms with van der Waals surface area (Å²) in [5.74, 6) is -2.05. The fraction of sp³-hybridized carbons (Fsp3) is 0.238. The number of hydrogen-bond donors (Lipinski definition) is 3. The number of aromatic nitrogens is 5. The number of rotatable bonds is 8. The van der Waals surface area contributed by atoms with Crippen molar-refractivity contribution in [1.29, 1.82) is 0 Å². The van der Waals surface area contributed by atoms with Crippen molar-refractivity contribution in [3.63, 3.8) is 0 Å². The highest BCUT2D eigenvalue weighted by Crippen LogP contribution is 2.40. The van der Waals surface area contributed by atoms with E-state index in [1.54, 1.807) is 28.8 Å².